The van der Waals surface area contributed by atoms with E-state index >= 15 is 0 Å². The Labute approximate surface area is 236 Å². The third-order valence-electron chi connectivity index (χ3n) is 6.81. The molecule has 204 valence electrons. The van der Waals surface area contributed by atoms with Gasteiger partial charge >= 0.3 is 5.97 Å². The Bertz CT molecular complexity index is 1590. The zero-order chi connectivity index (χ0) is 28.4. The van der Waals surface area contributed by atoms with Crippen molar-refractivity contribution in [1.82, 2.24) is 10.3 Å². The van der Waals surface area contributed by atoms with E-state index in [1.807, 2.05) is 54.3 Å². The molecule has 3 heterocycles. The second kappa shape index (κ2) is 11.2. The van der Waals surface area contributed by atoms with E-state index in [2.05, 4.69) is 15.6 Å². The molecule has 0 unspecified atom stereocenters. The van der Waals surface area contributed by atoms with Crippen LogP contribution in [0.15, 0.2) is 77.3 Å². The molecule has 4 aromatic rings. The van der Waals surface area contributed by atoms with Crippen LogP contribution in [0.4, 0.5) is 11.4 Å². The van der Waals surface area contributed by atoms with Crippen LogP contribution in [-0.4, -0.2) is 34.2 Å². The van der Waals surface area contributed by atoms with E-state index in [0.717, 1.165) is 22.5 Å². The Kier molecular flexibility index (Phi) is 7.52. The number of furan rings is 1. The lowest BCUT2D eigenvalue weighted by atomic mass is 10.0. The SMILES string of the molecule is CCC(=O)Nc1ccc(N2C(=S)N[C@H](c3ccccn3)[C@@H]2c2ccc(-c3ccc(C(=O)O)cc3C)o2)cc1OC. The minimum absolute atomic E-state index is 0.118. The van der Waals surface area contributed by atoms with E-state index in [1.165, 1.54) is 0 Å². The Morgan fingerprint density at radius 2 is 1.98 bits per heavy atom. The average molecular weight is 557 g/mol. The Morgan fingerprint density at radius 3 is 2.65 bits per heavy atom. The van der Waals surface area contributed by atoms with Crippen LogP contribution in [0.2, 0.25) is 0 Å². The molecule has 0 spiro atoms. The summed E-state index contributed by atoms with van der Waals surface area (Å²) in [6.45, 7) is 3.64. The van der Waals surface area contributed by atoms with Crippen molar-refractivity contribution in [2.75, 3.05) is 17.3 Å². The third kappa shape index (κ3) is 5.13. The molecule has 10 heteroatoms. The molecular formula is C30H28N4O5S. The van der Waals surface area contributed by atoms with E-state index < -0.39 is 12.0 Å². The van der Waals surface area contributed by atoms with Crippen molar-refractivity contribution in [3.63, 3.8) is 0 Å². The number of aryl methyl sites for hydroxylation is 1. The maximum Gasteiger partial charge on any atom is 0.335 e. The van der Waals surface area contributed by atoms with Crippen molar-refractivity contribution in [3.8, 4) is 17.1 Å². The van der Waals surface area contributed by atoms with Gasteiger partial charge in [0.25, 0.3) is 0 Å². The summed E-state index contributed by atoms with van der Waals surface area (Å²) in [5, 5.41) is 16.1. The summed E-state index contributed by atoms with van der Waals surface area (Å²) in [6.07, 6.45) is 2.08. The smallest absolute Gasteiger partial charge is 0.335 e. The predicted octanol–water partition coefficient (Wildman–Crippen LogP) is 5.88. The number of hydrogen-bond acceptors (Lipinski definition) is 6. The van der Waals surface area contributed by atoms with Crippen LogP contribution in [0.5, 0.6) is 5.75 Å². The lowest BCUT2D eigenvalue weighted by Gasteiger charge is -2.27. The van der Waals surface area contributed by atoms with Crippen LogP contribution >= 0.6 is 12.2 Å². The first-order valence-corrected chi connectivity index (χ1v) is 13.1. The van der Waals surface area contributed by atoms with Crippen LogP contribution in [-0.2, 0) is 4.79 Å². The number of aromatic carboxylic acids is 1. The largest absolute Gasteiger partial charge is 0.494 e. The second-order valence-corrected chi connectivity index (χ2v) is 9.71. The summed E-state index contributed by atoms with van der Waals surface area (Å²) in [5.41, 5.74) is 3.89. The lowest BCUT2D eigenvalue weighted by Crippen LogP contribution is -2.29. The fourth-order valence-corrected chi connectivity index (χ4v) is 5.17. The first-order valence-electron chi connectivity index (χ1n) is 12.7. The molecule has 1 aliphatic heterocycles. The van der Waals surface area contributed by atoms with Gasteiger partial charge in [0.05, 0.1) is 30.1 Å². The zero-order valence-corrected chi connectivity index (χ0v) is 23.0. The van der Waals surface area contributed by atoms with Crippen LogP contribution in [0.25, 0.3) is 11.3 Å². The fraction of sp³-hybridized carbons (Fsp3) is 0.200. The maximum atomic E-state index is 12.0. The molecule has 1 aliphatic rings. The standard InChI is InChI=1S/C30H28N4O5S/c1-4-26(35)32-21-11-9-19(16-25(21)38-3)34-28(27(33-30(34)40)22-7-5-6-14-31-22)24-13-12-23(39-24)20-10-8-18(29(36)37)15-17(20)2/h5-16,27-28H,4H2,1-3H3,(H,32,35)(H,33,40)(H,36,37)/t27-,28+/m1/s1. The Hall–Kier alpha value is -4.70. The molecular weight excluding hydrogens is 528 g/mol. The summed E-state index contributed by atoms with van der Waals surface area (Å²) >= 11 is 5.82. The van der Waals surface area contributed by atoms with Crippen LogP contribution < -0.4 is 20.3 Å². The first kappa shape index (κ1) is 26.9. The van der Waals surface area contributed by atoms with Crippen molar-refractivity contribution in [2.24, 2.45) is 0 Å². The van der Waals surface area contributed by atoms with Gasteiger partial charge in [0.15, 0.2) is 5.11 Å². The number of carboxylic acid groups (broad SMARTS) is 1. The van der Waals surface area contributed by atoms with Crippen molar-refractivity contribution < 1.29 is 23.8 Å². The molecule has 9 nitrogen and oxygen atoms in total. The number of methoxy groups -OCH3 is 1. The van der Waals surface area contributed by atoms with Crippen LogP contribution in [0.3, 0.4) is 0 Å². The van der Waals surface area contributed by atoms with Gasteiger partial charge in [-0.2, -0.15) is 0 Å². The van der Waals surface area contributed by atoms with Crippen molar-refractivity contribution in [3.05, 3.63) is 95.5 Å². The summed E-state index contributed by atoms with van der Waals surface area (Å²) < 4.78 is 12.0. The molecule has 40 heavy (non-hydrogen) atoms. The summed E-state index contributed by atoms with van der Waals surface area (Å²) in [6, 6.07) is 19.2. The van der Waals surface area contributed by atoms with Gasteiger partial charge in [-0.1, -0.05) is 19.1 Å². The number of anilines is 2. The normalized spacial score (nSPS) is 16.5. The topological polar surface area (TPSA) is 117 Å². The molecule has 5 rings (SSSR count). The molecule has 0 bridgehead atoms. The van der Waals surface area contributed by atoms with E-state index in [0.29, 0.717) is 34.5 Å². The second-order valence-electron chi connectivity index (χ2n) is 9.32. The first-order chi connectivity index (χ1) is 19.3. The van der Waals surface area contributed by atoms with E-state index in [1.54, 1.807) is 44.5 Å². The molecule has 1 amide bonds. The molecule has 1 saturated heterocycles. The van der Waals surface area contributed by atoms with Crippen molar-refractivity contribution in [1.29, 1.82) is 0 Å². The quantitative estimate of drug-likeness (QED) is 0.229. The lowest BCUT2D eigenvalue weighted by molar-refractivity contribution is -0.115. The number of aromatic nitrogens is 1. The van der Waals surface area contributed by atoms with Crippen LogP contribution in [0, 0.1) is 6.92 Å². The number of ether oxygens (including phenoxy) is 1. The van der Waals surface area contributed by atoms with Gasteiger partial charge in [-0.3, -0.25) is 9.78 Å². The number of benzene rings is 2. The van der Waals surface area contributed by atoms with Gasteiger partial charge in [0, 0.05) is 29.9 Å². The highest BCUT2D eigenvalue weighted by Crippen LogP contribution is 2.44. The monoisotopic (exact) mass is 556 g/mol. The molecule has 0 saturated carbocycles. The summed E-state index contributed by atoms with van der Waals surface area (Å²) in [5.74, 6) is 0.646. The molecule has 2 atom stereocenters. The number of carbonyl (C=O) groups excluding carboxylic acids is 1. The summed E-state index contributed by atoms with van der Waals surface area (Å²) in [4.78, 5) is 29.9. The molecule has 0 aliphatic carbocycles. The molecule has 2 aromatic carbocycles. The number of thiocarbonyl (C=S) groups is 1. The number of amides is 1. The molecule has 0 radical (unpaired) electrons. The van der Waals surface area contributed by atoms with Gasteiger partial charge in [0.1, 0.15) is 23.3 Å². The van der Waals surface area contributed by atoms with Crippen LogP contribution in [0.1, 0.15) is 52.8 Å². The average Bonchev–Trinajstić information content (AvgIpc) is 3.58. The van der Waals surface area contributed by atoms with Crippen molar-refractivity contribution in [2.45, 2.75) is 32.4 Å². The Balaban J connectivity index is 1.57. The zero-order valence-electron chi connectivity index (χ0n) is 22.2. The number of carbonyl (C=O) groups is 2. The van der Waals surface area contributed by atoms with Gasteiger partial charge in [0.2, 0.25) is 5.91 Å². The van der Waals surface area contributed by atoms with Gasteiger partial charge in [-0.25, -0.2) is 4.79 Å². The van der Waals surface area contributed by atoms with E-state index in [4.69, 9.17) is 21.4 Å². The number of pyridine rings is 1. The highest BCUT2D eigenvalue weighted by Gasteiger charge is 2.43. The van der Waals surface area contributed by atoms with Gasteiger partial charge in [-0.05, 0) is 73.2 Å². The summed E-state index contributed by atoms with van der Waals surface area (Å²) in [7, 11) is 1.55. The number of nitrogens with one attached hydrogen (secondary N) is 2. The predicted molar refractivity (Wildman–Crippen MR) is 156 cm³/mol. The minimum atomic E-state index is -0.982. The number of hydrogen-bond donors (Lipinski definition) is 3. The fourth-order valence-electron chi connectivity index (χ4n) is 4.82. The van der Waals surface area contributed by atoms with E-state index in [9.17, 15) is 14.7 Å². The maximum absolute atomic E-state index is 12.0. The third-order valence-corrected chi connectivity index (χ3v) is 7.13. The molecule has 2 aromatic heterocycles. The van der Waals surface area contributed by atoms with E-state index in [-0.39, 0.29) is 17.5 Å². The number of rotatable bonds is 8. The van der Waals surface area contributed by atoms with Gasteiger partial charge in [-0.15, -0.1) is 0 Å². The Morgan fingerprint density at radius 1 is 1.15 bits per heavy atom. The molecule has 1 fully saturated rings. The van der Waals surface area contributed by atoms with Gasteiger partial charge < -0.3 is 29.8 Å². The highest BCUT2D eigenvalue weighted by atomic mass is 32.1. The highest BCUT2D eigenvalue weighted by molar-refractivity contribution is 7.80. The van der Waals surface area contributed by atoms with Crippen molar-refractivity contribution >= 4 is 40.6 Å². The number of nitrogens with zero attached hydrogens (tertiary/aromatic N) is 2. The minimum Gasteiger partial charge on any atom is -0.494 e. The molecule has 3 N–H and O–H groups in total. The number of carboxylic acids is 1.